The van der Waals surface area contributed by atoms with Crippen LogP contribution in [0, 0.1) is 5.82 Å². The molecule has 1 aromatic rings. The Bertz CT molecular complexity index is 397. The Morgan fingerprint density at radius 1 is 1.50 bits per heavy atom. The first kappa shape index (κ1) is 13.3. The smallest absolute Gasteiger partial charge is 0.125 e. The van der Waals surface area contributed by atoms with Crippen molar-refractivity contribution in [3.8, 4) is 0 Å². The van der Waals surface area contributed by atoms with Crippen LogP contribution in [0.1, 0.15) is 12.5 Å². The molecule has 0 bridgehead atoms. The van der Waals surface area contributed by atoms with Crippen LogP contribution in [0.15, 0.2) is 18.2 Å². The molecule has 18 heavy (non-hydrogen) atoms. The van der Waals surface area contributed by atoms with Gasteiger partial charge in [0.1, 0.15) is 5.82 Å². The number of halogens is 1. The lowest BCUT2D eigenvalue weighted by atomic mass is 10.1. The van der Waals surface area contributed by atoms with Gasteiger partial charge in [-0.25, -0.2) is 4.39 Å². The number of hydrogen-bond donors (Lipinski definition) is 1. The third kappa shape index (κ3) is 3.00. The number of nitrogens with zero attached hydrogens (tertiary/aromatic N) is 1. The van der Waals surface area contributed by atoms with Crippen molar-refractivity contribution in [3.05, 3.63) is 29.6 Å². The van der Waals surface area contributed by atoms with Crippen LogP contribution in [-0.2, 0) is 11.2 Å². The molecule has 0 saturated carbocycles. The van der Waals surface area contributed by atoms with E-state index in [1.54, 1.807) is 19.2 Å². The van der Waals surface area contributed by atoms with E-state index in [-0.39, 0.29) is 5.82 Å². The fourth-order valence-electron chi connectivity index (χ4n) is 2.43. The van der Waals surface area contributed by atoms with Crippen molar-refractivity contribution >= 4 is 5.69 Å². The summed E-state index contributed by atoms with van der Waals surface area (Å²) in [6.07, 6.45) is 1.01. The van der Waals surface area contributed by atoms with E-state index >= 15 is 0 Å². The molecule has 0 amide bonds. The minimum Gasteiger partial charge on any atom is -0.383 e. The lowest BCUT2D eigenvalue weighted by Gasteiger charge is -2.27. The summed E-state index contributed by atoms with van der Waals surface area (Å²) in [6.45, 7) is 5.60. The van der Waals surface area contributed by atoms with E-state index in [1.807, 2.05) is 6.07 Å². The summed E-state index contributed by atoms with van der Waals surface area (Å²) in [4.78, 5) is 2.28. The summed E-state index contributed by atoms with van der Waals surface area (Å²) in [7, 11) is 1.70. The third-order valence-corrected chi connectivity index (χ3v) is 3.43. The Morgan fingerprint density at radius 3 is 3.11 bits per heavy atom. The van der Waals surface area contributed by atoms with Crippen LogP contribution in [0.4, 0.5) is 10.1 Å². The Hall–Kier alpha value is -1.13. The molecule has 1 aliphatic rings. The maximum absolute atomic E-state index is 13.3. The average molecular weight is 252 g/mol. The van der Waals surface area contributed by atoms with E-state index in [0.717, 1.165) is 38.3 Å². The predicted molar refractivity (Wildman–Crippen MR) is 71.7 cm³/mol. The van der Waals surface area contributed by atoms with E-state index in [1.165, 1.54) is 5.56 Å². The second kappa shape index (κ2) is 6.16. The van der Waals surface area contributed by atoms with E-state index < -0.39 is 0 Å². The van der Waals surface area contributed by atoms with Crippen molar-refractivity contribution in [1.29, 1.82) is 0 Å². The van der Waals surface area contributed by atoms with Crippen molar-refractivity contribution in [3.63, 3.8) is 0 Å². The van der Waals surface area contributed by atoms with Gasteiger partial charge >= 0.3 is 0 Å². The molecule has 0 aliphatic carbocycles. The zero-order valence-corrected chi connectivity index (χ0v) is 11.1. The van der Waals surface area contributed by atoms with Crippen molar-refractivity contribution in [1.82, 2.24) is 5.32 Å². The predicted octanol–water partition coefficient (Wildman–Crippen LogP) is 1.81. The number of nitrogens with one attached hydrogen (secondary N) is 1. The number of ether oxygens (including phenoxy) is 1. The maximum atomic E-state index is 13.3. The standard InChI is InChI=1S/C14H21FN2O/c1-11(10-16-6-8-18-2)17-7-5-12-3-4-13(15)9-14(12)17/h3-4,9,11,16H,5-8,10H2,1-2H3. The number of methoxy groups -OCH3 is 1. The molecule has 1 N–H and O–H groups in total. The average Bonchev–Trinajstić information content (AvgIpc) is 2.77. The summed E-state index contributed by atoms with van der Waals surface area (Å²) in [6, 6.07) is 5.46. The quantitative estimate of drug-likeness (QED) is 0.782. The minimum absolute atomic E-state index is 0.153. The highest BCUT2D eigenvalue weighted by Crippen LogP contribution is 2.30. The van der Waals surface area contributed by atoms with Crippen molar-refractivity contribution in [2.45, 2.75) is 19.4 Å². The first-order valence-corrected chi connectivity index (χ1v) is 6.47. The zero-order valence-electron chi connectivity index (χ0n) is 11.1. The molecule has 0 aromatic heterocycles. The van der Waals surface area contributed by atoms with Gasteiger partial charge in [-0.1, -0.05) is 6.07 Å². The fraction of sp³-hybridized carbons (Fsp3) is 0.571. The molecule has 0 saturated heterocycles. The Labute approximate surface area is 108 Å². The minimum atomic E-state index is -0.153. The number of fused-ring (bicyclic) bond motifs is 1. The van der Waals surface area contributed by atoms with Gasteiger partial charge in [0.25, 0.3) is 0 Å². The third-order valence-electron chi connectivity index (χ3n) is 3.43. The van der Waals surface area contributed by atoms with Gasteiger partial charge in [0.15, 0.2) is 0 Å². The highest BCUT2D eigenvalue weighted by molar-refractivity contribution is 5.58. The normalized spacial score (nSPS) is 15.8. The first-order chi connectivity index (χ1) is 8.72. The molecule has 0 fully saturated rings. The van der Waals surface area contributed by atoms with Gasteiger partial charge in [0, 0.05) is 38.5 Å². The molecule has 4 heteroatoms. The van der Waals surface area contributed by atoms with E-state index in [2.05, 4.69) is 17.1 Å². The van der Waals surface area contributed by atoms with Crippen LogP contribution in [0.2, 0.25) is 0 Å². The van der Waals surface area contributed by atoms with Crippen molar-refractivity contribution < 1.29 is 9.13 Å². The summed E-state index contributed by atoms with van der Waals surface area (Å²) >= 11 is 0. The Morgan fingerprint density at radius 2 is 2.33 bits per heavy atom. The van der Waals surface area contributed by atoms with E-state index in [9.17, 15) is 4.39 Å². The molecule has 0 radical (unpaired) electrons. The van der Waals surface area contributed by atoms with Gasteiger partial charge in [-0.2, -0.15) is 0 Å². The van der Waals surface area contributed by atoms with Gasteiger partial charge in [0.2, 0.25) is 0 Å². The molecule has 1 unspecified atom stereocenters. The first-order valence-electron chi connectivity index (χ1n) is 6.47. The summed E-state index contributed by atoms with van der Waals surface area (Å²) in [5, 5.41) is 3.35. The molecule has 2 rings (SSSR count). The van der Waals surface area contributed by atoms with Gasteiger partial charge < -0.3 is 15.0 Å². The van der Waals surface area contributed by atoms with Crippen molar-refractivity contribution in [2.75, 3.05) is 38.3 Å². The number of anilines is 1. The van der Waals surface area contributed by atoms with Gasteiger partial charge in [-0.15, -0.1) is 0 Å². The molecule has 1 heterocycles. The highest BCUT2D eigenvalue weighted by Gasteiger charge is 2.23. The summed E-state index contributed by atoms with van der Waals surface area (Å²) in [5.41, 5.74) is 2.30. The van der Waals surface area contributed by atoms with Crippen LogP contribution in [0.25, 0.3) is 0 Å². The van der Waals surface area contributed by atoms with Crippen LogP contribution < -0.4 is 10.2 Å². The van der Waals surface area contributed by atoms with Crippen LogP contribution in [0.5, 0.6) is 0 Å². The van der Waals surface area contributed by atoms with Gasteiger partial charge in [-0.3, -0.25) is 0 Å². The monoisotopic (exact) mass is 252 g/mol. The molecule has 0 spiro atoms. The molecule has 1 aromatic carbocycles. The van der Waals surface area contributed by atoms with Crippen LogP contribution in [-0.4, -0.2) is 39.4 Å². The maximum Gasteiger partial charge on any atom is 0.125 e. The van der Waals surface area contributed by atoms with Gasteiger partial charge in [0.05, 0.1) is 6.61 Å². The van der Waals surface area contributed by atoms with Gasteiger partial charge in [-0.05, 0) is 31.0 Å². The lowest BCUT2D eigenvalue weighted by Crippen LogP contribution is -2.40. The lowest BCUT2D eigenvalue weighted by molar-refractivity contribution is 0.199. The highest BCUT2D eigenvalue weighted by atomic mass is 19.1. The fourth-order valence-corrected chi connectivity index (χ4v) is 2.43. The molecular formula is C14H21FN2O. The van der Waals surface area contributed by atoms with E-state index in [0.29, 0.717) is 6.04 Å². The topological polar surface area (TPSA) is 24.5 Å². The SMILES string of the molecule is COCCNCC(C)N1CCc2ccc(F)cc21. The van der Waals surface area contributed by atoms with Crippen LogP contribution >= 0.6 is 0 Å². The van der Waals surface area contributed by atoms with E-state index in [4.69, 9.17) is 4.74 Å². The largest absolute Gasteiger partial charge is 0.383 e. The van der Waals surface area contributed by atoms with Crippen LogP contribution in [0.3, 0.4) is 0 Å². The van der Waals surface area contributed by atoms with Crippen molar-refractivity contribution in [2.24, 2.45) is 0 Å². The molecular weight excluding hydrogens is 231 g/mol. The number of rotatable bonds is 6. The molecule has 3 nitrogen and oxygen atoms in total. The summed E-state index contributed by atoms with van der Waals surface area (Å²) < 4.78 is 18.3. The Kier molecular flexibility index (Phi) is 4.55. The summed E-state index contributed by atoms with van der Waals surface area (Å²) in [5.74, 6) is -0.153. The second-order valence-corrected chi connectivity index (χ2v) is 4.76. The molecule has 1 aliphatic heterocycles. The number of benzene rings is 1. The second-order valence-electron chi connectivity index (χ2n) is 4.76. The number of hydrogen-bond acceptors (Lipinski definition) is 3. The molecule has 100 valence electrons. The zero-order chi connectivity index (χ0) is 13.0. The Balaban J connectivity index is 1.93. The molecule has 1 atom stereocenters.